The van der Waals surface area contributed by atoms with Crippen LogP contribution >= 0.6 is 0 Å². The van der Waals surface area contributed by atoms with E-state index in [0.29, 0.717) is 11.0 Å². The van der Waals surface area contributed by atoms with Crippen molar-refractivity contribution in [2.45, 2.75) is 112 Å². The maximum absolute atomic E-state index is 12.9. The highest BCUT2D eigenvalue weighted by atomic mass is 19.4. The molecule has 0 fully saturated rings. The van der Waals surface area contributed by atoms with Crippen LogP contribution in [-0.2, 0) is 6.18 Å². The largest absolute Gasteiger partial charge is 0.416 e. The van der Waals surface area contributed by atoms with Crippen molar-refractivity contribution < 1.29 is 13.2 Å². The van der Waals surface area contributed by atoms with Gasteiger partial charge in [-0.1, -0.05) is 92.1 Å². The Morgan fingerprint density at radius 3 is 2.20 bits per heavy atom. The lowest BCUT2D eigenvalue weighted by molar-refractivity contribution is -0.137. The normalized spacial score (nSPS) is 12.2. The predicted octanol–water partition coefficient (Wildman–Crippen LogP) is 10.8. The molecule has 1 aromatic carbocycles. The van der Waals surface area contributed by atoms with Crippen LogP contribution in [0.5, 0.6) is 0 Å². The second kappa shape index (κ2) is 19.4. The van der Waals surface area contributed by atoms with Crippen molar-refractivity contribution in [2.75, 3.05) is 20.1 Å². The summed E-state index contributed by atoms with van der Waals surface area (Å²) in [6.07, 6.45) is 16.1. The summed E-state index contributed by atoms with van der Waals surface area (Å²) < 4.78 is 40.3. The number of alkyl halides is 3. The monoisotopic (exact) mass is 613 g/mol. The molecule has 3 aromatic heterocycles. The number of fused-ring (bicyclic) bond motifs is 2. The van der Waals surface area contributed by atoms with Crippen LogP contribution in [0.2, 0.25) is 0 Å². The van der Waals surface area contributed by atoms with Crippen LogP contribution in [0.3, 0.4) is 0 Å². The summed E-state index contributed by atoms with van der Waals surface area (Å²) in [5, 5.41) is 4.90. The first-order valence-electron chi connectivity index (χ1n) is 16.5. The molecule has 244 valence electrons. The van der Waals surface area contributed by atoms with E-state index in [1.54, 1.807) is 23.0 Å². The Kier molecular flexibility index (Phi) is 16.4. The molecule has 5 nitrogen and oxygen atoms in total. The van der Waals surface area contributed by atoms with E-state index >= 15 is 0 Å². The fourth-order valence-electron chi connectivity index (χ4n) is 5.22. The number of halogens is 3. The van der Waals surface area contributed by atoms with Crippen LogP contribution in [-0.4, -0.2) is 44.6 Å². The fraction of sp³-hybridized carbons (Fsp3) is 0.583. The van der Waals surface area contributed by atoms with Crippen LogP contribution in [0, 0.1) is 12.8 Å². The van der Waals surface area contributed by atoms with Gasteiger partial charge < -0.3 is 4.90 Å². The highest BCUT2D eigenvalue weighted by Crippen LogP contribution is 2.34. The van der Waals surface area contributed by atoms with Gasteiger partial charge in [0.25, 0.3) is 0 Å². The smallest absolute Gasteiger partial charge is 0.306 e. The molecule has 44 heavy (non-hydrogen) atoms. The number of pyridine rings is 1. The molecule has 0 amide bonds. The van der Waals surface area contributed by atoms with Gasteiger partial charge in [-0.2, -0.15) is 18.3 Å². The molecule has 0 spiro atoms. The highest BCUT2D eigenvalue weighted by molar-refractivity contribution is 5.97. The molecular weight excluding hydrogens is 559 g/mol. The third kappa shape index (κ3) is 12.2. The van der Waals surface area contributed by atoms with Gasteiger partial charge in [-0.15, -0.1) is 0 Å². The van der Waals surface area contributed by atoms with Crippen molar-refractivity contribution in [2.24, 2.45) is 5.92 Å². The zero-order chi connectivity index (χ0) is 32.5. The predicted molar refractivity (Wildman–Crippen MR) is 179 cm³/mol. The average molecular weight is 614 g/mol. The number of benzene rings is 1. The Labute approximate surface area is 263 Å². The van der Waals surface area contributed by atoms with Crippen molar-refractivity contribution >= 4 is 16.6 Å². The number of aromatic nitrogens is 4. The molecule has 0 aliphatic rings. The van der Waals surface area contributed by atoms with Crippen molar-refractivity contribution in [3.8, 4) is 11.1 Å². The van der Waals surface area contributed by atoms with E-state index in [4.69, 9.17) is 0 Å². The van der Waals surface area contributed by atoms with E-state index in [9.17, 15) is 13.2 Å². The SMILES string of the molecule is CCCCCC(C)CCC.CCCCCN(C)CCC.Cc1cnc2c(-c3ccnc4cc(C(F)(F)F)ccc34)cnn2c1. The van der Waals surface area contributed by atoms with Gasteiger partial charge in [-0.05, 0) is 75.1 Å². The van der Waals surface area contributed by atoms with Crippen molar-refractivity contribution in [3.05, 3.63) is 60.2 Å². The van der Waals surface area contributed by atoms with Crippen molar-refractivity contribution in [1.82, 2.24) is 24.5 Å². The second-order valence-corrected chi connectivity index (χ2v) is 11.9. The summed E-state index contributed by atoms with van der Waals surface area (Å²) in [4.78, 5) is 10.9. The molecule has 1 atom stereocenters. The van der Waals surface area contributed by atoms with E-state index in [1.165, 1.54) is 89.6 Å². The molecule has 8 heteroatoms. The van der Waals surface area contributed by atoms with Gasteiger partial charge >= 0.3 is 6.18 Å². The Hall–Kier alpha value is -3.00. The first kappa shape index (κ1) is 37.2. The van der Waals surface area contributed by atoms with Gasteiger partial charge in [0.1, 0.15) is 0 Å². The molecule has 0 radical (unpaired) electrons. The maximum Gasteiger partial charge on any atom is 0.416 e. The molecule has 0 N–H and O–H groups in total. The standard InChI is InChI=1S/C17H11F3N4.C10H22.C9H21N/c1-10-7-22-16-14(8-23-24(16)9-10)12-4-5-21-15-6-11(17(18,19)20)2-3-13(12)15;2*1-4-6-7-9-10(3)8-5-2/h2-9H,1H3;10H,4-9H2,1-3H3;4-9H2,1-3H3. The molecular formula is C36H54F3N5. The van der Waals surface area contributed by atoms with E-state index in [0.717, 1.165) is 34.7 Å². The van der Waals surface area contributed by atoms with Gasteiger partial charge in [0.15, 0.2) is 5.65 Å². The van der Waals surface area contributed by atoms with E-state index in [-0.39, 0.29) is 5.52 Å². The summed E-state index contributed by atoms with van der Waals surface area (Å²) in [7, 11) is 2.21. The minimum Gasteiger partial charge on any atom is -0.306 e. The van der Waals surface area contributed by atoms with Crippen LogP contribution in [0.1, 0.15) is 110 Å². The number of nitrogens with zero attached hydrogens (tertiary/aromatic N) is 5. The third-order valence-electron chi connectivity index (χ3n) is 7.68. The summed E-state index contributed by atoms with van der Waals surface area (Å²) >= 11 is 0. The molecule has 0 saturated heterocycles. The number of unbranched alkanes of at least 4 members (excludes halogenated alkanes) is 4. The lowest BCUT2D eigenvalue weighted by Crippen LogP contribution is -2.20. The summed E-state index contributed by atoms with van der Waals surface area (Å²) in [6, 6.07) is 5.32. The maximum atomic E-state index is 12.9. The van der Waals surface area contributed by atoms with Gasteiger partial charge in [0.05, 0.1) is 17.3 Å². The number of hydrogen-bond donors (Lipinski definition) is 0. The minimum absolute atomic E-state index is 0.286. The van der Waals surface area contributed by atoms with E-state index in [2.05, 4.69) is 61.6 Å². The third-order valence-corrected chi connectivity index (χ3v) is 7.68. The van der Waals surface area contributed by atoms with Gasteiger partial charge in [0.2, 0.25) is 0 Å². The zero-order valence-corrected chi connectivity index (χ0v) is 28.1. The van der Waals surface area contributed by atoms with Crippen molar-refractivity contribution in [1.29, 1.82) is 0 Å². The molecule has 3 heterocycles. The Bertz CT molecular complexity index is 1350. The van der Waals surface area contributed by atoms with E-state index in [1.807, 2.05) is 13.1 Å². The summed E-state index contributed by atoms with van der Waals surface area (Å²) in [5.74, 6) is 0.969. The molecule has 0 aliphatic carbocycles. The molecule has 0 saturated carbocycles. The van der Waals surface area contributed by atoms with Crippen LogP contribution in [0.4, 0.5) is 13.2 Å². The zero-order valence-electron chi connectivity index (χ0n) is 28.1. The number of rotatable bonds is 13. The van der Waals surface area contributed by atoms with Gasteiger partial charge in [-0.25, -0.2) is 9.50 Å². The van der Waals surface area contributed by atoms with Crippen molar-refractivity contribution in [3.63, 3.8) is 0 Å². The molecule has 0 aliphatic heterocycles. The van der Waals surface area contributed by atoms with Crippen LogP contribution < -0.4 is 0 Å². The van der Waals surface area contributed by atoms with Gasteiger partial charge in [0, 0.05) is 29.5 Å². The lowest BCUT2D eigenvalue weighted by Gasteiger charge is -2.14. The highest BCUT2D eigenvalue weighted by Gasteiger charge is 2.30. The number of hydrogen-bond acceptors (Lipinski definition) is 4. The molecule has 0 bridgehead atoms. The Morgan fingerprint density at radius 1 is 0.818 bits per heavy atom. The Morgan fingerprint density at radius 2 is 1.55 bits per heavy atom. The Balaban J connectivity index is 0.000000282. The topological polar surface area (TPSA) is 46.3 Å². The minimum atomic E-state index is -4.39. The quantitative estimate of drug-likeness (QED) is 0.141. The lowest BCUT2D eigenvalue weighted by atomic mass is 9.99. The first-order chi connectivity index (χ1) is 21.0. The number of aryl methyl sites for hydroxylation is 1. The molecule has 4 aromatic rings. The van der Waals surface area contributed by atoms with Crippen LogP contribution in [0.25, 0.3) is 27.7 Å². The van der Waals surface area contributed by atoms with Crippen LogP contribution in [0.15, 0.2) is 49.1 Å². The van der Waals surface area contributed by atoms with Gasteiger partial charge in [-0.3, -0.25) is 4.98 Å². The first-order valence-corrected chi connectivity index (χ1v) is 16.5. The fourth-order valence-corrected chi connectivity index (χ4v) is 5.22. The molecule has 4 rings (SSSR count). The van der Waals surface area contributed by atoms with E-state index < -0.39 is 11.7 Å². The molecule has 1 unspecified atom stereocenters. The second-order valence-electron chi connectivity index (χ2n) is 11.9. The summed E-state index contributed by atoms with van der Waals surface area (Å²) in [5.41, 5.74) is 2.68. The average Bonchev–Trinajstić information content (AvgIpc) is 3.40. The summed E-state index contributed by atoms with van der Waals surface area (Å²) in [6.45, 7) is 15.8.